The van der Waals surface area contributed by atoms with E-state index in [0.717, 1.165) is 85.9 Å². The predicted octanol–water partition coefficient (Wildman–Crippen LogP) is 12.4. The lowest BCUT2D eigenvalue weighted by atomic mass is 9.88. The summed E-state index contributed by atoms with van der Waals surface area (Å²) in [7, 11) is -4.24. The first-order chi connectivity index (χ1) is 31.3. The molecule has 14 heteroatoms. The highest BCUT2D eigenvalue weighted by Gasteiger charge is 2.51. The third-order valence-corrected chi connectivity index (χ3v) is 30.5. The van der Waals surface area contributed by atoms with Crippen molar-refractivity contribution in [2.45, 2.75) is 238 Å². The highest BCUT2D eigenvalue weighted by atomic mass is 28.4. The van der Waals surface area contributed by atoms with Crippen molar-refractivity contribution in [2.24, 2.45) is 11.8 Å². The molecule has 0 aromatic heterocycles. The second-order valence-corrected chi connectivity index (χ2v) is 34.5. The number of nitrogens with zero attached hydrogens (tertiary/aromatic N) is 1. The summed E-state index contributed by atoms with van der Waals surface area (Å²) in [6.45, 7) is 35.9. The minimum atomic E-state index is -2.11. The van der Waals surface area contributed by atoms with E-state index in [4.69, 9.17) is 32.2 Å². The van der Waals surface area contributed by atoms with Gasteiger partial charge < -0.3 is 42.4 Å². The molecular formula is C52H98N2O9Si3. The molecule has 3 aliphatic rings. The maximum Gasteiger partial charge on any atom is 0.410 e. The smallest absolute Gasteiger partial charge is 0.410 e. The minimum Gasteiger partial charge on any atom is -0.457 e. The van der Waals surface area contributed by atoms with Gasteiger partial charge in [-0.3, -0.25) is 4.79 Å². The quantitative estimate of drug-likeness (QED) is 0.0311. The van der Waals surface area contributed by atoms with Crippen molar-refractivity contribution >= 4 is 37.0 Å². The molecule has 0 aromatic carbocycles. The summed E-state index contributed by atoms with van der Waals surface area (Å²) in [6.07, 6.45) is 11.8. The van der Waals surface area contributed by atoms with Gasteiger partial charge in [-0.25, -0.2) is 4.79 Å². The highest BCUT2D eigenvalue weighted by Crippen LogP contribution is 2.43. The van der Waals surface area contributed by atoms with Gasteiger partial charge >= 0.3 is 12.1 Å². The maximum atomic E-state index is 14.1. The largest absolute Gasteiger partial charge is 0.457 e. The molecule has 3 rings (SSSR count). The van der Waals surface area contributed by atoms with Crippen LogP contribution in [0.2, 0.25) is 54.4 Å². The minimum absolute atomic E-state index is 0.0875. The van der Waals surface area contributed by atoms with E-state index in [1.807, 2.05) is 26.0 Å². The average molecular weight is 980 g/mol. The van der Waals surface area contributed by atoms with Crippen LogP contribution in [-0.2, 0) is 37.0 Å². The average Bonchev–Trinajstić information content (AvgIpc) is 4.10. The fourth-order valence-corrected chi connectivity index (χ4v) is 19.5. The molecular weight excluding hydrogens is 881 g/mol. The van der Waals surface area contributed by atoms with Crippen molar-refractivity contribution in [1.29, 1.82) is 0 Å². The predicted molar refractivity (Wildman–Crippen MR) is 279 cm³/mol. The number of piperazine rings is 1. The highest BCUT2D eigenvalue weighted by molar-refractivity contribution is 6.74. The van der Waals surface area contributed by atoms with Gasteiger partial charge in [-0.1, -0.05) is 107 Å². The number of amides is 1. The zero-order chi connectivity index (χ0) is 49.3. The van der Waals surface area contributed by atoms with Crippen LogP contribution in [0.15, 0.2) is 36.0 Å². The van der Waals surface area contributed by atoms with Crippen molar-refractivity contribution in [1.82, 2.24) is 10.2 Å². The Bertz CT molecular complexity index is 1540. The molecule has 0 aliphatic carbocycles. The number of methoxy groups -OCH3 is 1. The second kappa shape index (κ2) is 27.1. The van der Waals surface area contributed by atoms with Gasteiger partial charge in [0, 0.05) is 57.6 Å². The van der Waals surface area contributed by atoms with Crippen molar-refractivity contribution in [3.05, 3.63) is 36.0 Å². The second-order valence-electron chi connectivity index (χ2n) is 20.4. The first kappa shape index (κ1) is 58.7. The molecule has 2 fully saturated rings. The molecule has 66 heavy (non-hydrogen) atoms. The van der Waals surface area contributed by atoms with Gasteiger partial charge in [0.2, 0.25) is 0 Å². The molecule has 11 nitrogen and oxygen atoms in total. The standard InChI is InChI=1S/C52H98N2O9Si3/c1-17-44(62-65(21-5,22-6)23-7)42(13)49-45(58-49)39-51(14,63-66(24-8,25-9)26-10)32-27-28-40(11)48-41(12)29-30-46(59-50(56)54-36-34-53-35-37-54)52(15,57-16)33-31-43(38-47(55)60-48)61-64(18-2,19-3)20-4/h27-30,32,41-46,48-49,53H,17-26,31,33-39H2,1-16H3/b30-29+,32-27+,40-28+/t41-,42+,43+,44-,45?,46-,48+,49?,51-,52+/m0/s1. The summed E-state index contributed by atoms with van der Waals surface area (Å²) in [6, 6.07) is 9.47. The number of nitrogens with one attached hydrogen (secondary N) is 1. The van der Waals surface area contributed by atoms with Gasteiger partial charge in [-0.2, -0.15) is 0 Å². The zero-order valence-electron chi connectivity index (χ0n) is 44.9. The van der Waals surface area contributed by atoms with Crippen LogP contribution in [0.4, 0.5) is 4.79 Å². The van der Waals surface area contributed by atoms with E-state index in [0.29, 0.717) is 31.8 Å². The molecule has 3 heterocycles. The molecule has 382 valence electrons. The van der Waals surface area contributed by atoms with Crippen molar-refractivity contribution in [2.75, 3.05) is 33.3 Å². The number of hydrogen-bond donors (Lipinski definition) is 1. The van der Waals surface area contributed by atoms with Crippen molar-refractivity contribution in [3.63, 3.8) is 0 Å². The van der Waals surface area contributed by atoms with E-state index in [2.05, 4.69) is 114 Å². The van der Waals surface area contributed by atoms with E-state index in [-0.39, 0.29) is 48.8 Å². The number of cyclic esters (lactones) is 1. The molecule has 0 spiro atoms. The van der Waals surface area contributed by atoms with Gasteiger partial charge in [-0.15, -0.1) is 0 Å². The van der Waals surface area contributed by atoms with Crippen LogP contribution >= 0.6 is 0 Å². The van der Waals surface area contributed by atoms with Gasteiger partial charge in [0.15, 0.2) is 31.1 Å². The van der Waals surface area contributed by atoms with Crippen LogP contribution < -0.4 is 5.32 Å². The lowest BCUT2D eigenvalue weighted by molar-refractivity contribution is -0.151. The van der Waals surface area contributed by atoms with Crippen LogP contribution in [0.25, 0.3) is 0 Å². The summed E-state index contributed by atoms with van der Waals surface area (Å²) < 4.78 is 47.1. The van der Waals surface area contributed by atoms with E-state index >= 15 is 0 Å². The zero-order valence-corrected chi connectivity index (χ0v) is 47.9. The number of hydrogen-bond acceptors (Lipinski definition) is 10. The normalized spacial score (nSPS) is 28.8. The third-order valence-electron chi connectivity index (χ3n) is 16.4. The Labute approximate surface area is 406 Å². The van der Waals surface area contributed by atoms with Gasteiger partial charge in [0.05, 0.1) is 30.3 Å². The van der Waals surface area contributed by atoms with Crippen molar-refractivity contribution in [3.8, 4) is 0 Å². The fourth-order valence-electron chi connectivity index (χ4n) is 10.5. The molecule has 1 N–H and O–H groups in total. The molecule has 0 radical (unpaired) electrons. The summed E-state index contributed by atoms with van der Waals surface area (Å²) in [4.78, 5) is 29.6. The molecule has 1 amide bonds. The monoisotopic (exact) mass is 979 g/mol. The SMILES string of the molecule is CC[C@H](O[Si](CC)(CC)CC)[C@@H](C)C1OC1C[C@](C)(/C=C/C=C(\C)[C@H]1OC(=O)C[C@H](O[Si](CC)(CC)CC)CC[C@@](C)(OC)[C@@H](OC(=O)N2CCNCC2)/C=C/[C@@H]1C)O[Si](CC)(CC)CC. The van der Waals surface area contributed by atoms with Crippen LogP contribution in [-0.4, -0.2) is 123 Å². The first-order valence-corrected chi connectivity index (χ1v) is 34.1. The number of esters is 1. The Morgan fingerprint density at radius 2 is 1.50 bits per heavy atom. The Kier molecular flexibility index (Phi) is 24.1. The molecule has 0 saturated carbocycles. The topological polar surface area (TPSA) is 117 Å². The molecule has 2 saturated heterocycles. The van der Waals surface area contributed by atoms with Gasteiger partial charge in [-0.05, 0) is 106 Å². The van der Waals surface area contributed by atoms with E-state index in [1.54, 1.807) is 12.0 Å². The molecule has 3 aliphatic heterocycles. The maximum absolute atomic E-state index is 14.1. The summed E-state index contributed by atoms with van der Waals surface area (Å²) in [5, 5.41) is 3.32. The number of epoxide rings is 1. The Morgan fingerprint density at radius 1 is 0.924 bits per heavy atom. The third kappa shape index (κ3) is 15.9. The number of rotatable bonds is 25. The van der Waals surface area contributed by atoms with Gasteiger partial charge in [0.25, 0.3) is 0 Å². The van der Waals surface area contributed by atoms with E-state index < -0.39 is 48.4 Å². The van der Waals surface area contributed by atoms with Crippen molar-refractivity contribution < 1.29 is 41.8 Å². The lowest BCUT2D eigenvalue weighted by Crippen LogP contribution is -2.50. The summed E-state index contributed by atoms with van der Waals surface area (Å²) >= 11 is 0. The molecule has 10 atom stereocenters. The Balaban J connectivity index is 2.02. The fraction of sp³-hybridized carbons (Fsp3) is 0.846. The number of ether oxygens (including phenoxy) is 4. The Hall–Kier alpha value is -1.63. The van der Waals surface area contributed by atoms with E-state index in [9.17, 15) is 9.59 Å². The lowest BCUT2D eigenvalue weighted by Gasteiger charge is -2.39. The van der Waals surface area contributed by atoms with Crippen LogP contribution in [0.1, 0.15) is 136 Å². The molecule has 0 bridgehead atoms. The summed E-state index contributed by atoms with van der Waals surface area (Å²) in [5.74, 6) is -0.225. The Morgan fingerprint density at radius 3 is 2.03 bits per heavy atom. The van der Waals surface area contributed by atoms with Crippen LogP contribution in [0, 0.1) is 11.8 Å². The number of carbonyl (C=O) groups is 2. The van der Waals surface area contributed by atoms with E-state index in [1.165, 1.54) is 0 Å². The van der Waals surface area contributed by atoms with Gasteiger partial charge in [0.1, 0.15) is 11.7 Å². The van der Waals surface area contributed by atoms with Crippen LogP contribution in [0.5, 0.6) is 0 Å². The molecule has 2 unspecified atom stereocenters. The number of carbonyl (C=O) groups excluding carboxylic acids is 2. The van der Waals surface area contributed by atoms with Crippen LogP contribution in [0.3, 0.4) is 0 Å². The number of allylic oxidation sites excluding steroid dienone is 2. The summed E-state index contributed by atoms with van der Waals surface area (Å²) in [5.41, 5.74) is -0.504. The first-order valence-electron chi connectivity index (χ1n) is 26.5. The molecule has 0 aromatic rings.